The van der Waals surface area contributed by atoms with Crippen LogP contribution in [0.2, 0.25) is 0 Å². The van der Waals surface area contributed by atoms with E-state index < -0.39 is 5.82 Å². The number of hydrogen-bond acceptors (Lipinski definition) is 3. The number of halogens is 1. The van der Waals surface area contributed by atoms with Crippen molar-refractivity contribution in [3.05, 3.63) is 29.6 Å². The minimum Gasteiger partial charge on any atom is -0.396 e. The second kappa shape index (κ2) is 7.09. The van der Waals surface area contributed by atoms with Gasteiger partial charge in [-0.2, -0.15) is 0 Å². The zero-order valence-electron chi connectivity index (χ0n) is 11.8. The third-order valence-corrected chi connectivity index (χ3v) is 2.99. The summed E-state index contributed by atoms with van der Waals surface area (Å²) in [6, 6.07) is 4.33. The number of nitrogens with two attached hydrogens (primary N) is 1. The summed E-state index contributed by atoms with van der Waals surface area (Å²) in [6.45, 7) is 4.04. The van der Waals surface area contributed by atoms with Crippen molar-refractivity contribution in [2.45, 2.75) is 13.3 Å². The molecule has 2 N–H and O–H groups in total. The lowest BCUT2D eigenvalue weighted by Crippen LogP contribution is -2.33. The van der Waals surface area contributed by atoms with Crippen molar-refractivity contribution in [2.75, 3.05) is 39.5 Å². The second-order valence-electron chi connectivity index (χ2n) is 4.74. The molecule has 0 bridgehead atoms. The normalized spacial score (nSPS) is 10.8. The summed E-state index contributed by atoms with van der Waals surface area (Å²) in [6.07, 6.45) is 0.877. The Morgan fingerprint density at radius 1 is 1.32 bits per heavy atom. The fourth-order valence-corrected chi connectivity index (χ4v) is 1.87. The van der Waals surface area contributed by atoms with Crippen LogP contribution in [0, 0.1) is 5.82 Å². The zero-order valence-corrected chi connectivity index (χ0v) is 11.8. The zero-order chi connectivity index (χ0) is 14.4. The molecule has 0 aliphatic rings. The van der Waals surface area contributed by atoms with E-state index in [2.05, 4.69) is 4.90 Å². The molecule has 0 aliphatic heterocycles. The van der Waals surface area contributed by atoms with Crippen LogP contribution in [-0.4, -0.2) is 49.4 Å². The summed E-state index contributed by atoms with van der Waals surface area (Å²) in [5, 5.41) is 0. The summed E-state index contributed by atoms with van der Waals surface area (Å²) < 4.78 is 13.4. The van der Waals surface area contributed by atoms with Gasteiger partial charge in [-0.15, -0.1) is 0 Å². The van der Waals surface area contributed by atoms with Gasteiger partial charge in [-0.1, -0.05) is 6.07 Å². The predicted molar refractivity (Wildman–Crippen MR) is 75.6 cm³/mol. The Bertz CT molecular complexity index is 435. The molecule has 0 unspecified atom stereocenters. The van der Waals surface area contributed by atoms with Crippen LogP contribution in [-0.2, 0) is 0 Å². The molecule has 0 saturated carbocycles. The van der Waals surface area contributed by atoms with E-state index in [0.717, 1.165) is 13.0 Å². The largest absolute Gasteiger partial charge is 0.396 e. The number of rotatable bonds is 6. The topological polar surface area (TPSA) is 49.6 Å². The number of carbonyl (C=O) groups is 1. The molecule has 1 aromatic rings. The van der Waals surface area contributed by atoms with Gasteiger partial charge in [0.05, 0.1) is 11.3 Å². The Hall–Kier alpha value is -1.62. The summed E-state index contributed by atoms with van der Waals surface area (Å²) in [7, 11) is 3.98. The SMILES string of the molecule is CCN(CCCN(C)C)C(=O)c1cccc(F)c1N. The average molecular weight is 267 g/mol. The van der Waals surface area contributed by atoms with Crippen LogP contribution < -0.4 is 5.73 Å². The fraction of sp³-hybridized carbons (Fsp3) is 0.500. The molecule has 0 aromatic heterocycles. The van der Waals surface area contributed by atoms with Crippen LogP contribution in [0.25, 0.3) is 0 Å². The molecule has 0 radical (unpaired) electrons. The van der Waals surface area contributed by atoms with E-state index in [1.807, 2.05) is 21.0 Å². The Morgan fingerprint density at radius 3 is 2.58 bits per heavy atom. The molecule has 0 aliphatic carbocycles. The summed E-state index contributed by atoms with van der Waals surface area (Å²) >= 11 is 0. The third-order valence-electron chi connectivity index (χ3n) is 2.99. The van der Waals surface area contributed by atoms with Crippen molar-refractivity contribution in [3.63, 3.8) is 0 Å². The van der Waals surface area contributed by atoms with E-state index in [1.165, 1.54) is 12.1 Å². The summed E-state index contributed by atoms with van der Waals surface area (Å²) in [5.41, 5.74) is 5.79. The lowest BCUT2D eigenvalue weighted by Gasteiger charge is -2.22. The Balaban J connectivity index is 2.75. The molecule has 0 heterocycles. The molecule has 0 fully saturated rings. The highest BCUT2D eigenvalue weighted by molar-refractivity contribution is 5.99. The Kier molecular flexibility index (Phi) is 5.76. The molecule has 1 aromatic carbocycles. The van der Waals surface area contributed by atoms with Crippen LogP contribution in [0.15, 0.2) is 18.2 Å². The molecule has 106 valence electrons. The highest BCUT2D eigenvalue weighted by Gasteiger charge is 2.18. The van der Waals surface area contributed by atoms with Gasteiger partial charge in [-0.3, -0.25) is 4.79 Å². The molecule has 5 heteroatoms. The van der Waals surface area contributed by atoms with E-state index >= 15 is 0 Å². The van der Waals surface area contributed by atoms with Crippen molar-refractivity contribution in [2.24, 2.45) is 0 Å². The molecule has 1 rings (SSSR count). The lowest BCUT2D eigenvalue weighted by atomic mass is 10.1. The van der Waals surface area contributed by atoms with Crippen molar-refractivity contribution in [1.29, 1.82) is 0 Å². The number of amides is 1. The lowest BCUT2D eigenvalue weighted by molar-refractivity contribution is 0.0760. The van der Waals surface area contributed by atoms with Crippen LogP contribution in [0.1, 0.15) is 23.7 Å². The van der Waals surface area contributed by atoms with Gasteiger partial charge in [-0.05, 0) is 46.1 Å². The maximum Gasteiger partial charge on any atom is 0.256 e. The first-order chi connectivity index (χ1) is 8.97. The number of nitrogen functional groups attached to an aromatic ring is 1. The number of hydrogen-bond donors (Lipinski definition) is 1. The van der Waals surface area contributed by atoms with Gasteiger partial charge in [0.2, 0.25) is 0 Å². The minimum atomic E-state index is -0.546. The van der Waals surface area contributed by atoms with E-state index in [4.69, 9.17) is 5.73 Å². The maximum atomic E-state index is 13.4. The minimum absolute atomic E-state index is 0.0708. The van der Waals surface area contributed by atoms with Crippen molar-refractivity contribution in [3.8, 4) is 0 Å². The number of nitrogens with zero attached hydrogens (tertiary/aromatic N) is 2. The first kappa shape index (κ1) is 15.4. The number of anilines is 1. The fourth-order valence-electron chi connectivity index (χ4n) is 1.87. The molecule has 0 atom stereocenters. The van der Waals surface area contributed by atoms with E-state index in [0.29, 0.717) is 13.1 Å². The first-order valence-corrected chi connectivity index (χ1v) is 6.45. The maximum absolute atomic E-state index is 13.4. The number of benzene rings is 1. The number of carbonyl (C=O) groups excluding carboxylic acids is 1. The van der Waals surface area contributed by atoms with E-state index in [1.54, 1.807) is 11.0 Å². The van der Waals surface area contributed by atoms with Gasteiger partial charge in [0.15, 0.2) is 0 Å². The van der Waals surface area contributed by atoms with Gasteiger partial charge >= 0.3 is 0 Å². The van der Waals surface area contributed by atoms with E-state index in [-0.39, 0.29) is 17.2 Å². The van der Waals surface area contributed by atoms with Crippen LogP contribution in [0.3, 0.4) is 0 Å². The molecule has 19 heavy (non-hydrogen) atoms. The monoisotopic (exact) mass is 267 g/mol. The van der Waals surface area contributed by atoms with Crippen LogP contribution in [0.4, 0.5) is 10.1 Å². The average Bonchev–Trinajstić information content (AvgIpc) is 2.37. The standard InChI is InChI=1S/C14H22FN3O/c1-4-18(10-6-9-17(2)3)14(19)11-7-5-8-12(15)13(11)16/h5,7-8H,4,6,9-10,16H2,1-3H3. The van der Waals surface area contributed by atoms with Gasteiger partial charge in [0.25, 0.3) is 5.91 Å². The highest BCUT2D eigenvalue weighted by atomic mass is 19.1. The highest BCUT2D eigenvalue weighted by Crippen LogP contribution is 2.17. The van der Waals surface area contributed by atoms with Crippen molar-refractivity contribution < 1.29 is 9.18 Å². The van der Waals surface area contributed by atoms with Gasteiger partial charge < -0.3 is 15.5 Å². The van der Waals surface area contributed by atoms with Crippen molar-refractivity contribution >= 4 is 11.6 Å². The molecular weight excluding hydrogens is 245 g/mol. The Morgan fingerprint density at radius 2 is 2.00 bits per heavy atom. The first-order valence-electron chi connectivity index (χ1n) is 6.45. The quantitative estimate of drug-likeness (QED) is 0.800. The van der Waals surface area contributed by atoms with Crippen LogP contribution in [0.5, 0.6) is 0 Å². The summed E-state index contributed by atoms with van der Waals surface area (Å²) in [4.78, 5) is 16.0. The van der Waals surface area contributed by atoms with E-state index in [9.17, 15) is 9.18 Å². The van der Waals surface area contributed by atoms with Crippen molar-refractivity contribution in [1.82, 2.24) is 9.80 Å². The predicted octanol–water partition coefficient (Wildman–Crippen LogP) is 1.82. The molecule has 1 amide bonds. The Labute approximate surface area is 114 Å². The smallest absolute Gasteiger partial charge is 0.256 e. The summed E-state index contributed by atoms with van der Waals surface area (Å²) in [5.74, 6) is -0.756. The molecular formula is C14H22FN3O. The number of para-hydroxylation sites is 1. The van der Waals surface area contributed by atoms with Gasteiger partial charge in [0, 0.05) is 13.1 Å². The van der Waals surface area contributed by atoms with Crippen LogP contribution >= 0.6 is 0 Å². The molecule has 0 spiro atoms. The molecule has 0 saturated heterocycles. The second-order valence-corrected chi connectivity index (χ2v) is 4.74. The third kappa shape index (κ3) is 4.21. The molecule has 4 nitrogen and oxygen atoms in total. The van der Waals surface area contributed by atoms with Gasteiger partial charge in [0.1, 0.15) is 5.82 Å². The van der Waals surface area contributed by atoms with Gasteiger partial charge in [-0.25, -0.2) is 4.39 Å².